The van der Waals surface area contributed by atoms with Crippen molar-refractivity contribution in [3.05, 3.63) is 35.9 Å². The molecule has 1 aliphatic carbocycles. The average Bonchev–Trinajstić information content (AvgIpc) is 2.46. The first-order valence-corrected chi connectivity index (χ1v) is 6.93. The molecular weight excluding hydrogens is 256 g/mol. The minimum atomic E-state index is -0.494. The minimum Gasteiger partial charge on any atom is -0.445 e. The van der Waals surface area contributed by atoms with Gasteiger partial charge in [-0.15, -0.1) is 0 Å². The second-order valence-corrected chi connectivity index (χ2v) is 5.11. The van der Waals surface area contributed by atoms with E-state index in [2.05, 4.69) is 5.32 Å². The van der Waals surface area contributed by atoms with Crippen LogP contribution >= 0.6 is 0 Å². The van der Waals surface area contributed by atoms with E-state index in [-0.39, 0.29) is 24.5 Å². The summed E-state index contributed by atoms with van der Waals surface area (Å²) in [4.78, 5) is 23.1. The summed E-state index contributed by atoms with van der Waals surface area (Å²) in [7, 11) is 0. The Morgan fingerprint density at radius 2 is 1.90 bits per heavy atom. The van der Waals surface area contributed by atoms with E-state index in [1.54, 1.807) is 0 Å². The third kappa shape index (κ3) is 3.98. The number of primary amides is 1. The standard InChI is InChI=1S/C15H20N2O3/c16-14(18)12-8-4-5-9-13(12)17-15(19)20-10-11-6-2-1-3-7-11/h1-3,6-7,12-13H,4-5,8-10H2,(H2,16,18)(H,17,19). The van der Waals surface area contributed by atoms with Gasteiger partial charge < -0.3 is 15.8 Å². The molecule has 1 aromatic carbocycles. The van der Waals surface area contributed by atoms with Crippen LogP contribution in [0.5, 0.6) is 0 Å². The van der Waals surface area contributed by atoms with E-state index < -0.39 is 6.09 Å². The van der Waals surface area contributed by atoms with Gasteiger partial charge >= 0.3 is 6.09 Å². The van der Waals surface area contributed by atoms with Gasteiger partial charge in [0.15, 0.2) is 0 Å². The van der Waals surface area contributed by atoms with Crippen molar-refractivity contribution in [3.63, 3.8) is 0 Å². The number of hydrogen-bond donors (Lipinski definition) is 2. The molecule has 3 N–H and O–H groups in total. The Bertz CT molecular complexity index is 461. The number of alkyl carbamates (subject to hydrolysis) is 1. The maximum absolute atomic E-state index is 11.8. The molecular formula is C15H20N2O3. The van der Waals surface area contributed by atoms with Crippen LogP contribution in [0.25, 0.3) is 0 Å². The van der Waals surface area contributed by atoms with Crippen molar-refractivity contribution in [3.8, 4) is 0 Å². The van der Waals surface area contributed by atoms with Gasteiger partial charge in [0.1, 0.15) is 6.61 Å². The summed E-state index contributed by atoms with van der Waals surface area (Å²) < 4.78 is 5.16. The normalized spacial score (nSPS) is 22.0. The number of nitrogens with two attached hydrogens (primary N) is 1. The third-order valence-corrected chi connectivity index (χ3v) is 3.65. The predicted molar refractivity (Wildman–Crippen MR) is 74.7 cm³/mol. The zero-order valence-corrected chi connectivity index (χ0v) is 11.4. The molecule has 0 heterocycles. The summed E-state index contributed by atoms with van der Waals surface area (Å²) >= 11 is 0. The van der Waals surface area contributed by atoms with Crippen LogP contribution in [0.2, 0.25) is 0 Å². The molecule has 2 amide bonds. The molecule has 2 atom stereocenters. The molecule has 0 aliphatic heterocycles. The number of carbonyl (C=O) groups excluding carboxylic acids is 2. The van der Waals surface area contributed by atoms with Gasteiger partial charge in [0, 0.05) is 6.04 Å². The Labute approximate surface area is 118 Å². The van der Waals surface area contributed by atoms with Crippen LogP contribution in [-0.4, -0.2) is 18.0 Å². The first-order valence-electron chi connectivity index (χ1n) is 6.93. The molecule has 1 aliphatic rings. The zero-order valence-electron chi connectivity index (χ0n) is 11.4. The summed E-state index contributed by atoms with van der Waals surface area (Å²) in [6.45, 7) is 0.223. The van der Waals surface area contributed by atoms with Crippen LogP contribution in [0.3, 0.4) is 0 Å². The summed E-state index contributed by atoms with van der Waals surface area (Å²) in [6.07, 6.45) is 2.98. The molecule has 2 rings (SSSR count). The first kappa shape index (κ1) is 14.4. The van der Waals surface area contributed by atoms with Crippen LogP contribution in [0.4, 0.5) is 4.79 Å². The number of carbonyl (C=O) groups is 2. The van der Waals surface area contributed by atoms with Gasteiger partial charge in [-0.3, -0.25) is 4.79 Å². The Kier molecular flexibility index (Phi) is 4.98. The lowest BCUT2D eigenvalue weighted by Gasteiger charge is -2.29. The lowest BCUT2D eigenvalue weighted by molar-refractivity contribution is -0.123. The van der Waals surface area contributed by atoms with Crippen LogP contribution in [0.15, 0.2) is 30.3 Å². The number of ether oxygens (including phenoxy) is 1. The highest BCUT2D eigenvalue weighted by Crippen LogP contribution is 2.24. The van der Waals surface area contributed by atoms with Gasteiger partial charge in [-0.2, -0.15) is 0 Å². The van der Waals surface area contributed by atoms with Crippen molar-refractivity contribution in [2.24, 2.45) is 11.7 Å². The number of hydrogen-bond acceptors (Lipinski definition) is 3. The minimum absolute atomic E-state index is 0.204. The molecule has 1 saturated carbocycles. The van der Waals surface area contributed by atoms with E-state index in [4.69, 9.17) is 10.5 Å². The molecule has 2 unspecified atom stereocenters. The fraction of sp³-hybridized carbons (Fsp3) is 0.467. The largest absolute Gasteiger partial charge is 0.445 e. The molecule has 0 bridgehead atoms. The summed E-state index contributed by atoms with van der Waals surface area (Å²) in [6, 6.07) is 9.26. The van der Waals surface area contributed by atoms with Gasteiger partial charge in [-0.25, -0.2) is 4.79 Å². The molecule has 20 heavy (non-hydrogen) atoms. The van der Waals surface area contributed by atoms with Crippen molar-refractivity contribution in [1.29, 1.82) is 0 Å². The molecule has 108 valence electrons. The Morgan fingerprint density at radius 1 is 1.20 bits per heavy atom. The van der Waals surface area contributed by atoms with Crippen molar-refractivity contribution < 1.29 is 14.3 Å². The number of rotatable bonds is 4. The summed E-state index contributed by atoms with van der Waals surface area (Å²) in [5.74, 6) is -0.633. The SMILES string of the molecule is NC(=O)C1CCCCC1NC(=O)OCc1ccccc1. The topological polar surface area (TPSA) is 81.4 Å². The monoisotopic (exact) mass is 276 g/mol. The predicted octanol–water partition coefficient (Wildman–Crippen LogP) is 1.96. The molecule has 0 aromatic heterocycles. The molecule has 5 nitrogen and oxygen atoms in total. The van der Waals surface area contributed by atoms with Gasteiger partial charge in [-0.05, 0) is 18.4 Å². The van der Waals surface area contributed by atoms with E-state index in [1.807, 2.05) is 30.3 Å². The van der Waals surface area contributed by atoms with E-state index in [0.29, 0.717) is 0 Å². The maximum Gasteiger partial charge on any atom is 0.407 e. The molecule has 1 aromatic rings. The second-order valence-electron chi connectivity index (χ2n) is 5.11. The number of benzene rings is 1. The summed E-state index contributed by atoms with van der Waals surface area (Å²) in [5.41, 5.74) is 6.30. The second kappa shape index (κ2) is 6.93. The third-order valence-electron chi connectivity index (χ3n) is 3.65. The molecule has 0 saturated heterocycles. The van der Waals surface area contributed by atoms with Gasteiger partial charge in [0.05, 0.1) is 5.92 Å². The highest BCUT2D eigenvalue weighted by molar-refractivity contribution is 5.78. The van der Waals surface area contributed by atoms with Crippen LogP contribution in [0.1, 0.15) is 31.2 Å². The Balaban J connectivity index is 1.82. The van der Waals surface area contributed by atoms with Crippen molar-refractivity contribution in [1.82, 2.24) is 5.32 Å². The fourth-order valence-electron chi connectivity index (χ4n) is 2.56. The van der Waals surface area contributed by atoms with Gasteiger partial charge in [0.2, 0.25) is 5.91 Å². The highest BCUT2D eigenvalue weighted by Gasteiger charge is 2.30. The highest BCUT2D eigenvalue weighted by atomic mass is 16.5. The summed E-state index contributed by atoms with van der Waals surface area (Å²) in [5, 5.41) is 2.76. The fourth-order valence-corrected chi connectivity index (χ4v) is 2.56. The van der Waals surface area contributed by atoms with Crippen LogP contribution in [0, 0.1) is 5.92 Å². The smallest absolute Gasteiger partial charge is 0.407 e. The van der Waals surface area contributed by atoms with Gasteiger partial charge in [0.25, 0.3) is 0 Å². The van der Waals surface area contributed by atoms with Crippen molar-refractivity contribution >= 4 is 12.0 Å². The molecule has 5 heteroatoms. The first-order chi connectivity index (χ1) is 9.66. The van der Waals surface area contributed by atoms with Crippen molar-refractivity contribution in [2.45, 2.75) is 38.3 Å². The maximum atomic E-state index is 11.8. The van der Waals surface area contributed by atoms with Crippen LogP contribution < -0.4 is 11.1 Å². The average molecular weight is 276 g/mol. The molecule has 0 spiro atoms. The van der Waals surface area contributed by atoms with Crippen molar-refractivity contribution in [2.75, 3.05) is 0 Å². The lowest BCUT2D eigenvalue weighted by Crippen LogP contribution is -2.47. The Hall–Kier alpha value is -2.04. The molecule has 1 fully saturated rings. The quantitative estimate of drug-likeness (QED) is 0.882. The van der Waals surface area contributed by atoms with E-state index in [9.17, 15) is 9.59 Å². The number of nitrogens with one attached hydrogen (secondary N) is 1. The lowest BCUT2D eigenvalue weighted by atomic mass is 9.84. The van der Waals surface area contributed by atoms with E-state index in [0.717, 1.165) is 31.2 Å². The molecule has 0 radical (unpaired) electrons. The number of amides is 2. The van der Waals surface area contributed by atoms with E-state index in [1.165, 1.54) is 0 Å². The Morgan fingerprint density at radius 3 is 2.60 bits per heavy atom. The van der Waals surface area contributed by atoms with Crippen LogP contribution in [-0.2, 0) is 16.1 Å². The van der Waals surface area contributed by atoms with Gasteiger partial charge in [-0.1, -0.05) is 43.2 Å². The van der Waals surface area contributed by atoms with E-state index >= 15 is 0 Å². The zero-order chi connectivity index (χ0) is 14.4.